The number of hydrogen-bond donors (Lipinski definition) is 0. The van der Waals surface area contributed by atoms with Crippen molar-refractivity contribution in [3.05, 3.63) is 71.3 Å². The third-order valence-corrected chi connectivity index (χ3v) is 2.40. The zero-order valence-corrected chi connectivity index (χ0v) is 8.33. The zero-order chi connectivity index (χ0) is 9.80. The average molecular weight is 181 g/mol. The van der Waals surface area contributed by atoms with Gasteiger partial charge in [-0.2, -0.15) is 0 Å². The Morgan fingerprint density at radius 2 is 1.79 bits per heavy atom. The van der Waals surface area contributed by atoms with Crippen LogP contribution < -0.4 is 0 Å². The molecule has 2 aromatic carbocycles. The van der Waals surface area contributed by atoms with E-state index >= 15 is 0 Å². The van der Waals surface area contributed by atoms with Crippen molar-refractivity contribution < 1.29 is 0 Å². The fourth-order valence-electron chi connectivity index (χ4n) is 1.55. The monoisotopic (exact) mass is 181 g/mol. The van der Waals surface area contributed by atoms with Gasteiger partial charge in [0.15, 0.2) is 0 Å². The van der Waals surface area contributed by atoms with Crippen molar-refractivity contribution in [1.82, 2.24) is 0 Å². The van der Waals surface area contributed by atoms with Crippen LogP contribution in [0.15, 0.2) is 48.5 Å². The molecular formula is C14H13. The highest BCUT2D eigenvalue weighted by atomic mass is 14.0. The fourth-order valence-corrected chi connectivity index (χ4v) is 1.55. The van der Waals surface area contributed by atoms with Crippen LogP contribution in [0.25, 0.3) is 0 Å². The van der Waals surface area contributed by atoms with E-state index in [0.29, 0.717) is 0 Å². The second kappa shape index (κ2) is 4.10. The summed E-state index contributed by atoms with van der Waals surface area (Å²) in [7, 11) is 0. The first-order valence-electron chi connectivity index (χ1n) is 4.86. The van der Waals surface area contributed by atoms with E-state index < -0.39 is 0 Å². The van der Waals surface area contributed by atoms with Gasteiger partial charge >= 0.3 is 0 Å². The van der Waals surface area contributed by atoms with Crippen LogP contribution in [-0.4, -0.2) is 0 Å². The highest BCUT2D eigenvalue weighted by Crippen LogP contribution is 2.12. The molecule has 0 heteroatoms. The van der Waals surface area contributed by atoms with E-state index in [2.05, 4.69) is 43.3 Å². The molecule has 2 aromatic rings. The summed E-state index contributed by atoms with van der Waals surface area (Å²) < 4.78 is 0. The Labute approximate surface area is 85.2 Å². The Balaban J connectivity index is 2.24. The minimum Gasteiger partial charge on any atom is -0.0622 e. The molecular weight excluding hydrogens is 168 g/mol. The molecule has 14 heavy (non-hydrogen) atoms. The van der Waals surface area contributed by atoms with Crippen LogP contribution in [0, 0.1) is 13.0 Å². The Bertz CT molecular complexity index is 401. The standard InChI is InChI=1S/C14H13/c1-12-7-5-6-10-14(12)11-13-8-3-2-4-9-13/h2-9H,11H2,1H3. The molecule has 0 aromatic heterocycles. The SMILES string of the molecule is Cc1ccc[c]c1Cc1ccccc1. The van der Waals surface area contributed by atoms with Gasteiger partial charge in [0.2, 0.25) is 0 Å². The molecule has 0 saturated carbocycles. The minimum absolute atomic E-state index is 0.980. The van der Waals surface area contributed by atoms with Crippen LogP contribution in [0.1, 0.15) is 16.7 Å². The van der Waals surface area contributed by atoms with Crippen LogP contribution in [0.3, 0.4) is 0 Å². The van der Waals surface area contributed by atoms with Crippen molar-refractivity contribution in [2.24, 2.45) is 0 Å². The van der Waals surface area contributed by atoms with Gasteiger partial charge in [0.1, 0.15) is 0 Å². The summed E-state index contributed by atoms with van der Waals surface area (Å²) in [6.07, 6.45) is 0.980. The normalized spacial score (nSPS) is 10.1. The van der Waals surface area contributed by atoms with Crippen molar-refractivity contribution in [2.75, 3.05) is 0 Å². The molecule has 0 fully saturated rings. The molecule has 0 spiro atoms. The molecule has 0 aliphatic carbocycles. The van der Waals surface area contributed by atoms with Gasteiger partial charge < -0.3 is 0 Å². The van der Waals surface area contributed by atoms with Gasteiger partial charge in [-0.3, -0.25) is 0 Å². The lowest BCUT2D eigenvalue weighted by molar-refractivity contribution is 1.15. The van der Waals surface area contributed by atoms with Crippen molar-refractivity contribution in [2.45, 2.75) is 13.3 Å². The maximum absolute atomic E-state index is 3.29. The predicted molar refractivity (Wildman–Crippen MR) is 59.3 cm³/mol. The van der Waals surface area contributed by atoms with Gasteiger partial charge in [0, 0.05) is 0 Å². The van der Waals surface area contributed by atoms with Crippen LogP contribution in [0.5, 0.6) is 0 Å². The summed E-state index contributed by atoms with van der Waals surface area (Å²) >= 11 is 0. The van der Waals surface area contributed by atoms with E-state index in [1.165, 1.54) is 16.7 Å². The molecule has 0 saturated heterocycles. The Hall–Kier alpha value is -1.56. The van der Waals surface area contributed by atoms with Crippen molar-refractivity contribution >= 4 is 0 Å². The van der Waals surface area contributed by atoms with Gasteiger partial charge in [0.05, 0.1) is 0 Å². The number of hydrogen-bond acceptors (Lipinski definition) is 0. The lowest BCUT2D eigenvalue weighted by atomic mass is 10.0. The van der Waals surface area contributed by atoms with Crippen LogP contribution in [0.2, 0.25) is 0 Å². The first-order chi connectivity index (χ1) is 6.86. The van der Waals surface area contributed by atoms with E-state index in [1.54, 1.807) is 0 Å². The third-order valence-electron chi connectivity index (χ3n) is 2.40. The highest BCUT2D eigenvalue weighted by Gasteiger charge is 1.98. The van der Waals surface area contributed by atoms with E-state index in [1.807, 2.05) is 18.2 Å². The molecule has 0 nitrogen and oxygen atoms in total. The topological polar surface area (TPSA) is 0 Å². The molecule has 0 unspecified atom stereocenters. The van der Waals surface area contributed by atoms with Gasteiger partial charge in [-0.15, -0.1) is 0 Å². The van der Waals surface area contributed by atoms with Crippen molar-refractivity contribution in [1.29, 1.82) is 0 Å². The number of aryl methyl sites for hydroxylation is 1. The molecule has 69 valence electrons. The van der Waals surface area contributed by atoms with Gasteiger partial charge in [-0.1, -0.05) is 48.5 Å². The Morgan fingerprint density at radius 1 is 1.00 bits per heavy atom. The number of rotatable bonds is 2. The highest BCUT2D eigenvalue weighted by molar-refractivity contribution is 5.30. The molecule has 0 bridgehead atoms. The minimum atomic E-state index is 0.980. The van der Waals surface area contributed by atoms with Crippen molar-refractivity contribution in [3.8, 4) is 0 Å². The molecule has 2 rings (SSSR count). The summed E-state index contributed by atoms with van der Waals surface area (Å²) in [5.41, 5.74) is 3.95. The Kier molecular flexibility index (Phi) is 2.64. The van der Waals surface area contributed by atoms with Crippen molar-refractivity contribution in [3.63, 3.8) is 0 Å². The van der Waals surface area contributed by atoms with E-state index in [-0.39, 0.29) is 0 Å². The van der Waals surface area contributed by atoms with Gasteiger partial charge in [-0.05, 0) is 36.1 Å². The molecule has 0 N–H and O–H groups in total. The second-order valence-electron chi connectivity index (χ2n) is 3.49. The Morgan fingerprint density at radius 3 is 2.50 bits per heavy atom. The molecule has 1 radical (unpaired) electrons. The molecule has 0 aliphatic heterocycles. The second-order valence-corrected chi connectivity index (χ2v) is 3.49. The maximum atomic E-state index is 3.29. The third kappa shape index (κ3) is 2.02. The van der Waals surface area contributed by atoms with E-state index in [0.717, 1.165) is 6.42 Å². The molecule has 0 aliphatic rings. The summed E-state index contributed by atoms with van der Waals surface area (Å²) in [5, 5.41) is 0. The zero-order valence-electron chi connectivity index (χ0n) is 8.33. The largest absolute Gasteiger partial charge is 0.0622 e. The van der Waals surface area contributed by atoms with Crippen LogP contribution in [-0.2, 0) is 6.42 Å². The lowest BCUT2D eigenvalue weighted by Crippen LogP contribution is -1.90. The van der Waals surface area contributed by atoms with Crippen LogP contribution in [0.4, 0.5) is 0 Å². The number of benzene rings is 2. The first kappa shape index (κ1) is 9.01. The lowest BCUT2D eigenvalue weighted by Gasteiger charge is -2.04. The first-order valence-corrected chi connectivity index (χ1v) is 4.86. The van der Waals surface area contributed by atoms with E-state index in [4.69, 9.17) is 0 Å². The summed E-state index contributed by atoms with van der Waals surface area (Å²) in [5.74, 6) is 0. The van der Waals surface area contributed by atoms with E-state index in [9.17, 15) is 0 Å². The summed E-state index contributed by atoms with van der Waals surface area (Å²) in [6.45, 7) is 2.13. The van der Waals surface area contributed by atoms with Crippen LogP contribution >= 0.6 is 0 Å². The fraction of sp³-hybridized carbons (Fsp3) is 0.143. The quantitative estimate of drug-likeness (QED) is 0.666. The maximum Gasteiger partial charge on any atom is -0.00170 e. The predicted octanol–water partition coefficient (Wildman–Crippen LogP) is 3.39. The van der Waals surface area contributed by atoms with Gasteiger partial charge in [-0.25, -0.2) is 0 Å². The average Bonchev–Trinajstić information content (AvgIpc) is 2.23. The smallest absolute Gasteiger partial charge is 0.00170 e. The summed E-state index contributed by atoms with van der Waals surface area (Å²) in [4.78, 5) is 0. The molecule has 0 amide bonds. The molecule has 0 atom stereocenters. The van der Waals surface area contributed by atoms with Gasteiger partial charge in [0.25, 0.3) is 0 Å². The molecule has 0 heterocycles. The summed E-state index contributed by atoms with van der Waals surface area (Å²) in [6, 6.07) is 19.9.